The normalized spacial score (nSPS) is 17.4. The van der Waals surface area contributed by atoms with Crippen LogP contribution in [0.4, 0.5) is 0 Å². The molecule has 0 saturated carbocycles. The zero-order valence-corrected chi connectivity index (χ0v) is 13.3. The third kappa shape index (κ3) is 3.73. The summed E-state index contributed by atoms with van der Waals surface area (Å²) in [7, 11) is 0. The Morgan fingerprint density at radius 2 is 2.33 bits per heavy atom. The summed E-state index contributed by atoms with van der Waals surface area (Å²) in [5.41, 5.74) is 2.81. The van der Waals surface area contributed by atoms with Gasteiger partial charge in [-0.05, 0) is 25.0 Å². The molecule has 1 atom stereocenters. The number of dihydropyridines is 1. The van der Waals surface area contributed by atoms with Crippen LogP contribution in [0.3, 0.4) is 0 Å². The van der Waals surface area contributed by atoms with Crippen molar-refractivity contribution < 1.29 is 9.90 Å². The third-order valence-corrected chi connectivity index (χ3v) is 3.59. The number of carbonyl (C=O) groups is 1. The summed E-state index contributed by atoms with van der Waals surface area (Å²) in [5.74, 6) is -0.997. The number of nitriles is 1. The quantitative estimate of drug-likeness (QED) is 0.840. The van der Waals surface area contributed by atoms with Crippen LogP contribution in [-0.2, 0) is 4.79 Å². The Balaban J connectivity index is 2.34. The van der Waals surface area contributed by atoms with Crippen LogP contribution < -0.4 is 0 Å². The molecule has 120 valence electrons. The first kappa shape index (κ1) is 17.1. The number of aromatic nitrogens is 1. The molecule has 0 spiro atoms. The number of pyridine rings is 1. The molecule has 0 aromatic carbocycles. The Morgan fingerprint density at radius 1 is 1.54 bits per heavy atom. The maximum atomic E-state index is 10.9. The molecule has 1 aromatic rings. The van der Waals surface area contributed by atoms with Gasteiger partial charge < -0.3 is 5.11 Å². The summed E-state index contributed by atoms with van der Waals surface area (Å²) in [6.45, 7) is 5.68. The molecule has 24 heavy (non-hydrogen) atoms. The van der Waals surface area contributed by atoms with Gasteiger partial charge in [0, 0.05) is 18.0 Å². The lowest BCUT2D eigenvalue weighted by Crippen LogP contribution is -2.10. The monoisotopic (exact) mass is 319 g/mol. The van der Waals surface area contributed by atoms with Gasteiger partial charge >= 0.3 is 5.97 Å². The molecule has 0 fully saturated rings. The van der Waals surface area contributed by atoms with Crippen molar-refractivity contribution in [2.45, 2.75) is 19.4 Å². The second kappa shape index (κ2) is 7.84. The van der Waals surface area contributed by atoms with Crippen molar-refractivity contribution in [1.82, 2.24) is 4.98 Å². The molecule has 5 nitrogen and oxygen atoms in total. The number of nitrogens with zero attached hydrogens (tertiary/aromatic N) is 3. The molecule has 2 heterocycles. The van der Waals surface area contributed by atoms with Crippen LogP contribution in [0.5, 0.6) is 0 Å². The van der Waals surface area contributed by atoms with Gasteiger partial charge in [-0.2, -0.15) is 5.26 Å². The van der Waals surface area contributed by atoms with Gasteiger partial charge in [0.1, 0.15) is 0 Å². The standard InChI is InChI=1S/C19H17N3O2/c1-3-5-6-13(4-2)16-12-22-18(9-15(16)10-20)17-8-7-14(11-21-17)19(23)24/h3-7,9,11-12,17H,2,8H2,1H3,(H,23,24)/b5-3+,13-6+/t17-/m1/s1. The highest BCUT2D eigenvalue weighted by molar-refractivity contribution is 6.08. The maximum absolute atomic E-state index is 10.9. The predicted molar refractivity (Wildman–Crippen MR) is 93.5 cm³/mol. The highest BCUT2D eigenvalue weighted by atomic mass is 16.4. The van der Waals surface area contributed by atoms with Crippen LogP contribution in [0, 0.1) is 11.3 Å². The van der Waals surface area contributed by atoms with Crippen molar-refractivity contribution in [2.24, 2.45) is 4.99 Å². The fourth-order valence-corrected chi connectivity index (χ4v) is 2.31. The molecular weight excluding hydrogens is 302 g/mol. The Labute approximate surface area is 140 Å². The van der Waals surface area contributed by atoms with Gasteiger partial charge in [-0.3, -0.25) is 9.98 Å². The van der Waals surface area contributed by atoms with Crippen LogP contribution >= 0.6 is 0 Å². The Bertz CT molecular complexity index is 824. The number of carboxylic acid groups (broad SMARTS) is 1. The van der Waals surface area contributed by atoms with E-state index in [1.165, 1.54) is 6.21 Å². The summed E-state index contributed by atoms with van der Waals surface area (Å²) in [6.07, 6.45) is 12.3. The molecule has 0 radical (unpaired) electrons. The second-order valence-corrected chi connectivity index (χ2v) is 5.11. The minimum absolute atomic E-state index is 0.173. The lowest BCUT2D eigenvalue weighted by atomic mass is 9.98. The fourth-order valence-electron chi connectivity index (χ4n) is 2.31. The lowest BCUT2D eigenvalue weighted by molar-refractivity contribution is -0.132. The van der Waals surface area contributed by atoms with Crippen LogP contribution in [0.1, 0.15) is 36.2 Å². The topological polar surface area (TPSA) is 86.3 Å². The second-order valence-electron chi connectivity index (χ2n) is 5.11. The highest BCUT2D eigenvalue weighted by Crippen LogP contribution is 2.27. The van der Waals surface area contributed by atoms with Gasteiger partial charge in [0.05, 0.1) is 28.9 Å². The first-order valence-electron chi connectivity index (χ1n) is 7.43. The molecule has 1 aromatic heterocycles. The average Bonchev–Trinajstić information content (AvgIpc) is 2.62. The van der Waals surface area contributed by atoms with E-state index in [4.69, 9.17) is 5.11 Å². The summed E-state index contributed by atoms with van der Waals surface area (Å²) in [5, 5.41) is 18.4. The molecule has 0 saturated heterocycles. The molecule has 0 unspecified atom stereocenters. The summed E-state index contributed by atoms with van der Waals surface area (Å²) >= 11 is 0. The van der Waals surface area contributed by atoms with E-state index in [0.717, 1.165) is 5.57 Å². The van der Waals surface area contributed by atoms with Gasteiger partial charge in [-0.1, -0.05) is 37.0 Å². The largest absolute Gasteiger partial charge is 0.478 e. The van der Waals surface area contributed by atoms with Crippen molar-refractivity contribution in [3.05, 3.63) is 71.6 Å². The molecule has 0 aliphatic carbocycles. The van der Waals surface area contributed by atoms with E-state index in [-0.39, 0.29) is 11.6 Å². The zero-order valence-electron chi connectivity index (χ0n) is 13.3. The van der Waals surface area contributed by atoms with E-state index < -0.39 is 5.97 Å². The number of hydrogen-bond acceptors (Lipinski definition) is 4. The third-order valence-electron chi connectivity index (χ3n) is 3.59. The maximum Gasteiger partial charge on any atom is 0.336 e. The lowest BCUT2D eigenvalue weighted by Gasteiger charge is -2.15. The van der Waals surface area contributed by atoms with Crippen molar-refractivity contribution >= 4 is 17.8 Å². The minimum atomic E-state index is -0.997. The Morgan fingerprint density at radius 3 is 2.88 bits per heavy atom. The Kier molecular flexibility index (Phi) is 5.58. The number of aliphatic imine (C=N–C) groups is 1. The molecule has 2 rings (SSSR count). The first-order chi connectivity index (χ1) is 11.6. The Hall–Kier alpha value is -3.26. The predicted octanol–water partition coefficient (Wildman–Crippen LogP) is 3.63. The van der Waals surface area contributed by atoms with E-state index in [1.807, 2.05) is 25.2 Å². The molecule has 1 N–H and O–H groups in total. The number of rotatable bonds is 5. The van der Waals surface area contributed by atoms with Crippen LogP contribution in [-0.4, -0.2) is 22.3 Å². The van der Waals surface area contributed by atoms with E-state index in [0.29, 0.717) is 23.2 Å². The van der Waals surface area contributed by atoms with E-state index >= 15 is 0 Å². The molecule has 0 amide bonds. The summed E-state index contributed by atoms with van der Waals surface area (Å²) in [6, 6.07) is 3.60. The molecular formula is C19H17N3O2. The number of carboxylic acids is 1. The fraction of sp³-hybridized carbons (Fsp3) is 0.158. The van der Waals surface area contributed by atoms with Gasteiger partial charge in [0.2, 0.25) is 0 Å². The average molecular weight is 319 g/mol. The SMILES string of the molecule is C=C/C(=C\C=C\C)c1cnc([C@H]2CC=C(C(=O)O)C=N2)cc1C#N. The molecule has 1 aliphatic rings. The van der Waals surface area contributed by atoms with Crippen LogP contribution in [0.2, 0.25) is 0 Å². The number of allylic oxidation sites excluding steroid dienone is 5. The summed E-state index contributed by atoms with van der Waals surface area (Å²) in [4.78, 5) is 19.5. The van der Waals surface area contributed by atoms with Crippen LogP contribution in [0.25, 0.3) is 5.57 Å². The van der Waals surface area contributed by atoms with E-state index in [1.54, 1.807) is 24.4 Å². The van der Waals surface area contributed by atoms with Gasteiger partial charge in [-0.15, -0.1) is 0 Å². The van der Waals surface area contributed by atoms with Gasteiger partial charge in [0.15, 0.2) is 0 Å². The molecule has 0 bridgehead atoms. The van der Waals surface area contributed by atoms with Crippen molar-refractivity contribution in [2.75, 3.05) is 0 Å². The number of aliphatic carboxylic acids is 1. The summed E-state index contributed by atoms with van der Waals surface area (Å²) < 4.78 is 0. The van der Waals surface area contributed by atoms with Crippen molar-refractivity contribution in [3.63, 3.8) is 0 Å². The van der Waals surface area contributed by atoms with Gasteiger partial charge in [-0.25, -0.2) is 4.79 Å². The molecule has 5 heteroatoms. The highest BCUT2D eigenvalue weighted by Gasteiger charge is 2.18. The van der Waals surface area contributed by atoms with E-state index in [2.05, 4.69) is 22.6 Å². The van der Waals surface area contributed by atoms with Crippen LogP contribution in [0.15, 0.2) is 59.8 Å². The first-order valence-corrected chi connectivity index (χ1v) is 7.43. The van der Waals surface area contributed by atoms with E-state index in [9.17, 15) is 10.1 Å². The van der Waals surface area contributed by atoms with Crippen molar-refractivity contribution in [1.29, 1.82) is 5.26 Å². The minimum Gasteiger partial charge on any atom is -0.478 e. The smallest absolute Gasteiger partial charge is 0.336 e. The zero-order chi connectivity index (χ0) is 17.5. The molecule has 1 aliphatic heterocycles. The van der Waals surface area contributed by atoms with Crippen molar-refractivity contribution in [3.8, 4) is 6.07 Å². The number of hydrogen-bond donors (Lipinski definition) is 1. The van der Waals surface area contributed by atoms with Gasteiger partial charge in [0.25, 0.3) is 0 Å².